The van der Waals surface area contributed by atoms with Crippen molar-refractivity contribution in [2.24, 2.45) is 0 Å². The molecule has 2 heterocycles. The molecular formula is C10H7FS2. The normalized spacial score (nSPS) is 11.9. The summed E-state index contributed by atoms with van der Waals surface area (Å²) in [6, 6.07) is 7.45. The van der Waals surface area contributed by atoms with Crippen LogP contribution in [0.4, 0.5) is 4.39 Å². The molecule has 0 saturated heterocycles. The molecule has 0 aliphatic rings. The number of hydrogen-bond acceptors (Lipinski definition) is 2. The van der Waals surface area contributed by atoms with Gasteiger partial charge in [-0.05, 0) is 29.0 Å². The van der Waals surface area contributed by atoms with E-state index in [-0.39, 0.29) is 5.83 Å². The van der Waals surface area contributed by atoms with Crippen LogP contribution in [0.2, 0.25) is 0 Å². The van der Waals surface area contributed by atoms with Crippen molar-refractivity contribution in [2.75, 3.05) is 0 Å². The van der Waals surface area contributed by atoms with Gasteiger partial charge in [-0.25, -0.2) is 4.39 Å². The van der Waals surface area contributed by atoms with Gasteiger partial charge in [0.25, 0.3) is 0 Å². The molecule has 0 radical (unpaired) electrons. The van der Waals surface area contributed by atoms with Gasteiger partial charge < -0.3 is 0 Å². The summed E-state index contributed by atoms with van der Waals surface area (Å²) in [6.45, 7) is 0. The minimum atomic E-state index is -0.155. The zero-order chi connectivity index (χ0) is 9.10. The number of rotatable bonds is 2. The minimum Gasteiger partial charge on any atom is -0.205 e. The summed E-state index contributed by atoms with van der Waals surface area (Å²) in [5.41, 5.74) is 0. The Morgan fingerprint density at radius 2 is 1.92 bits per heavy atom. The molecular weight excluding hydrogens is 203 g/mol. The van der Waals surface area contributed by atoms with E-state index < -0.39 is 0 Å². The van der Waals surface area contributed by atoms with Crippen molar-refractivity contribution in [1.29, 1.82) is 0 Å². The monoisotopic (exact) mass is 210 g/mol. The molecule has 0 unspecified atom stereocenters. The van der Waals surface area contributed by atoms with E-state index in [0.29, 0.717) is 4.88 Å². The van der Waals surface area contributed by atoms with Crippen LogP contribution in [0.25, 0.3) is 11.9 Å². The van der Waals surface area contributed by atoms with Gasteiger partial charge in [0, 0.05) is 4.88 Å². The fourth-order valence-corrected chi connectivity index (χ4v) is 2.26. The van der Waals surface area contributed by atoms with E-state index in [1.54, 1.807) is 12.1 Å². The Balaban J connectivity index is 2.27. The van der Waals surface area contributed by atoms with Gasteiger partial charge in [-0.3, -0.25) is 0 Å². The molecule has 2 rings (SSSR count). The fourth-order valence-electron chi connectivity index (χ4n) is 0.984. The molecule has 0 atom stereocenters. The maximum Gasteiger partial charge on any atom is 0.141 e. The first-order chi connectivity index (χ1) is 6.36. The summed E-state index contributed by atoms with van der Waals surface area (Å²) in [4.78, 5) is 1.64. The van der Waals surface area contributed by atoms with Gasteiger partial charge in [0.05, 0.1) is 4.88 Å². The van der Waals surface area contributed by atoms with Crippen molar-refractivity contribution in [3.8, 4) is 0 Å². The molecule has 3 heteroatoms. The lowest BCUT2D eigenvalue weighted by Crippen LogP contribution is -1.67. The Bertz CT molecular complexity index is 384. The second-order valence-electron chi connectivity index (χ2n) is 2.48. The fraction of sp³-hybridized carbons (Fsp3) is 0. The van der Waals surface area contributed by atoms with Crippen LogP contribution in [-0.2, 0) is 0 Å². The molecule has 0 aliphatic heterocycles. The van der Waals surface area contributed by atoms with Crippen molar-refractivity contribution in [1.82, 2.24) is 0 Å². The largest absolute Gasteiger partial charge is 0.205 e. The molecule has 13 heavy (non-hydrogen) atoms. The van der Waals surface area contributed by atoms with E-state index in [2.05, 4.69) is 0 Å². The number of halogens is 1. The van der Waals surface area contributed by atoms with Crippen molar-refractivity contribution < 1.29 is 4.39 Å². The van der Waals surface area contributed by atoms with Crippen LogP contribution in [0.15, 0.2) is 35.0 Å². The average molecular weight is 210 g/mol. The van der Waals surface area contributed by atoms with Gasteiger partial charge in [0.1, 0.15) is 5.83 Å². The molecule has 0 amide bonds. The van der Waals surface area contributed by atoms with E-state index in [0.717, 1.165) is 4.88 Å². The molecule has 0 aromatic carbocycles. The Morgan fingerprint density at radius 1 is 1.15 bits per heavy atom. The standard InChI is InChI=1S/C10H7FS2/c11-9(10-4-2-6-13-10)7-8-3-1-5-12-8/h1-7H/b9-7-. The summed E-state index contributed by atoms with van der Waals surface area (Å²) in [5.74, 6) is -0.155. The van der Waals surface area contributed by atoms with E-state index in [4.69, 9.17) is 0 Å². The first-order valence-electron chi connectivity index (χ1n) is 3.81. The third-order valence-corrected chi connectivity index (χ3v) is 3.27. The molecule has 0 saturated carbocycles. The van der Waals surface area contributed by atoms with E-state index in [1.807, 2.05) is 29.0 Å². The van der Waals surface area contributed by atoms with Crippen molar-refractivity contribution in [2.45, 2.75) is 0 Å². The van der Waals surface area contributed by atoms with Gasteiger partial charge >= 0.3 is 0 Å². The predicted octanol–water partition coefficient (Wildman–Crippen LogP) is 4.28. The summed E-state index contributed by atoms with van der Waals surface area (Å²) < 4.78 is 13.4. The Kier molecular flexibility index (Phi) is 2.57. The topological polar surface area (TPSA) is 0 Å². The van der Waals surface area contributed by atoms with Crippen LogP contribution in [0, 0.1) is 0 Å². The van der Waals surface area contributed by atoms with Crippen molar-refractivity contribution in [3.63, 3.8) is 0 Å². The van der Waals surface area contributed by atoms with Crippen LogP contribution in [0.3, 0.4) is 0 Å². The molecule has 0 bridgehead atoms. The maximum absolute atomic E-state index is 13.4. The summed E-state index contributed by atoms with van der Waals surface area (Å²) in [5, 5.41) is 3.81. The Labute approximate surface area is 84.0 Å². The zero-order valence-electron chi connectivity index (χ0n) is 6.74. The van der Waals surface area contributed by atoms with Gasteiger partial charge in [-0.2, -0.15) is 0 Å². The molecule has 66 valence electrons. The summed E-state index contributed by atoms with van der Waals surface area (Å²) >= 11 is 2.95. The number of thiophene rings is 2. The van der Waals surface area contributed by atoms with Crippen LogP contribution in [0.1, 0.15) is 9.75 Å². The van der Waals surface area contributed by atoms with E-state index in [9.17, 15) is 4.39 Å². The smallest absolute Gasteiger partial charge is 0.141 e. The number of hydrogen-bond donors (Lipinski definition) is 0. The zero-order valence-corrected chi connectivity index (χ0v) is 8.37. The quantitative estimate of drug-likeness (QED) is 0.694. The molecule has 2 aromatic heterocycles. The molecule has 0 spiro atoms. The van der Waals surface area contributed by atoms with Crippen LogP contribution >= 0.6 is 22.7 Å². The highest BCUT2D eigenvalue weighted by molar-refractivity contribution is 7.11. The van der Waals surface area contributed by atoms with Crippen molar-refractivity contribution >= 4 is 34.6 Å². The highest BCUT2D eigenvalue weighted by atomic mass is 32.1. The van der Waals surface area contributed by atoms with Crippen LogP contribution in [0.5, 0.6) is 0 Å². The highest BCUT2D eigenvalue weighted by Gasteiger charge is 2.00. The van der Waals surface area contributed by atoms with Gasteiger partial charge in [0.15, 0.2) is 0 Å². The molecule has 0 fully saturated rings. The maximum atomic E-state index is 13.4. The molecule has 0 N–H and O–H groups in total. The van der Waals surface area contributed by atoms with Gasteiger partial charge in [-0.15, -0.1) is 22.7 Å². The third-order valence-electron chi connectivity index (χ3n) is 1.57. The summed E-state index contributed by atoms with van der Waals surface area (Å²) in [6.07, 6.45) is 1.57. The molecule has 2 aromatic rings. The van der Waals surface area contributed by atoms with E-state index in [1.165, 1.54) is 22.7 Å². The first-order valence-corrected chi connectivity index (χ1v) is 5.57. The molecule has 0 aliphatic carbocycles. The summed E-state index contributed by atoms with van der Waals surface area (Å²) in [7, 11) is 0. The molecule has 0 nitrogen and oxygen atoms in total. The lowest BCUT2D eigenvalue weighted by atomic mass is 10.3. The van der Waals surface area contributed by atoms with Gasteiger partial charge in [-0.1, -0.05) is 12.1 Å². The first kappa shape index (κ1) is 8.66. The van der Waals surface area contributed by atoms with Crippen LogP contribution in [-0.4, -0.2) is 0 Å². The second kappa shape index (κ2) is 3.85. The minimum absolute atomic E-state index is 0.155. The SMILES string of the molecule is F/C(=C\c1cccs1)c1cccs1. The predicted molar refractivity (Wildman–Crippen MR) is 57.6 cm³/mol. The van der Waals surface area contributed by atoms with E-state index >= 15 is 0 Å². The second-order valence-corrected chi connectivity index (χ2v) is 4.41. The lowest BCUT2D eigenvalue weighted by molar-refractivity contribution is 0.769. The lowest BCUT2D eigenvalue weighted by Gasteiger charge is -1.89. The third kappa shape index (κ3) is 2.05. The average Bonchev–Trinajstić information content (AvgIpc) is 2.74. The van der Waals surface area contributed by atoms with Crippen molar-refractivity contribution in [3.05, 3.63) is 44.8 Å². The van der Waals surface area contributed by atoms with Gasteiger partial charge in [0.2, 0.25) is 0 Å². The van der Waals surface area contributed by atoms with Crippen LogP contribution < -0.4 is 0 Å². The Morgan fingerprint density at radius 3 is 2.54 bits per heavy atom. The Hall–Kier alpha value is -0.930. The highest BCUT2D eigenvalue weighted by Crippen LogP contribution is 2.25.